The number of carbonyl (C=O) groups is 3. The first kappa shape index (κ1) is 15.3. The summed E-state index contributed by atoms with van der Waals surface area (Å²) in [6.45, 7) is 7.05. The van der Waals surface area contributed by atoms with Gasteiger partial charge in [-0.25, -0.2) is 0 Å². The molecule has 0 unspecified atom stereocenters. The van der Waals surface area contributed by atoms with Gasteiger partial charge in [0.1, 0.15) is 18.0 Å². The maximum atomic E-state index is 12.6. The van der Waals surface area contributed by atoms with Gasteiger partial charge >= 0.3 is 11.9 Å². The summed E-state index contributed by atoms with van der Waals surface area (Å²) in [5, 5.41) is 0. The van der Waals surface area contributed by atoms with E-state index in [-0.39, 0.29) is 35.6 Å². The number of hydrogen-bond acceptors (Lipinski definition) is 5. The van der Waals surface area contributed by atoms with Gasteiger partial charge in [-0.15, -0.1) is 0 Å². The molecule has 0 spiro atoms. The van der Waals surface area contributed by atoms with Gasteiger partial charge in [0.25, 0.3) is 0 Å². The Morgan fingerprint density at radius 2 is 2.05 bits per heavy atom. The molecule has 0 aromatic heterocycles. The van der Waals surface area contributed by atoms with Crippen LogP contribution in [0.2, 0.25) is 0 Å². The topological polar surface area (TPSA) is 69.7 Å². The van der Waals surface area contributed by atoms with Crippen molar-refractivity contribution in [1.29, 1.82) is 0 Å². The zero-order chi connectivity index (χ0) is 16.2. The number of rotatable bonds is 1. The quantitative estimate of drug-likeness (QED) is 0.548. The second kappa shape index (κ2) is 4.93. The van der Waals surface area contributed by atoms with E-state index in [1.165, 1.54) is 6.92 Å². The van der Waals surface area contributed by atoms with Crippen LogP contribution >= 0.6 is 0 Å². The van der Waals surface area contributed by atoms with Crippen LogP contribution in [0.25, 0.3) is 0 Å². The highest BCUT2D eigenvalue weighted by Crippen LogP contribution is 2.54. The molecule has 0 amide bonds. The standard InChI is InChI=1S/C17H22O5/c1-8-7-12-14(9(2)16(20)22-12)15(21-10(3)18)17(4)11(8)5-6-13(17)19/h5,8-9,12,14-15H,6-7H2,1-4H3/t8-,9-,12+,14+,15-,17+/m1/s1. The fourth-order valence-corrected chi connectivity index (χ4v) is 4.54. The average Bonchev–Trinajstić information content (AvgIpc) is 2.84. The Kier molecular flexibility index (Phi) is 3.42. The number of allylic oxidation sites excluding steroid dienone is 1. The first-order chi connectivity index (χ1) is 10.3. The molecule has 0 aromatic rings. The van der Waals surface area contributed by atoms with Crippen LogP contribution in [-0.4, -0.2) is 29.9 Å². The van der Waals surface area contributed by atoms with Crippen molar-refractivity contribution in [2.75, 3.05) is 0 Å². The van der Waals surface area contributed by atoms with Crippen molar-refractivity contribution in [3.05, 3.63) is 11.6 Å². The lowest BCUT2D eigenvalue weighted by molar-refractivity contribution is -0.161. The van der Waals surface area contributed by atoms with Gasteiger partial charge in [-0.1, -0.05) is 25.5 Å². The van der Waals surface area contributed by atoms with E-state index in [1.54, 1.807) is 6.92 Å². The van der Waals surface area contributed by atoms with Crippen molar-refractivity contribution in [3.8, 4) is 0 Å². The van der Waals surface area contributed by atoms with Crippen LogP contribution in [0.4, 0.5) is 0 Å². The number of ketones is 1. The van der Waals surface area contributed by atoms with Crippen LogP contribution in [0.1, 0.15) is 40.5 Å². The summed E-state index contributed by atoms with van der Waals surface area (Å²) < 4.78 is 11.1. The summed E-state index contributed by atoms with van der Waals surface area (Å²) in [5.74, 6) is -1.13. The Labute approximate surface area is 130 Å². The van der Waals surface area contributed by atoms with Gasteiger partial charge in [-0.05, 0) is 19.3 Å². The van der Waals surface area contributed by atoms with Crippen LogP contribution < -0.4 is 0 Å². The molecule has 1 aliphatic heterocycles. The molecule has 3 rings (SSSR count). The normalized spacial score (nSPS) is 43.8. The Morgan fingerprint density at radius 1 is 1.36 bits per heavy atom. The SMILES string of the molecule is CC(=O)O[C@@H]1[C@@H]2[C@H](C[C@@H](C)C3=CCC(=O)[C@]31C)OC(=O)[C@@H]2C. The van der Waals surface area contributed by atoms with E-state index in [2.05, 4.69) is 0 Å². The third-order valence-corrected chi connectivity index (χ3v) is 5.66. The van der Waals surface area contributed by atoms with Crippen LogP contribution in [0.5, 0.6) is 0 Å². The molecule has 0 N–H and O–H groups in total. The number of fused-ring (bicyclic) bond motifs is 2. The molecule has 5 nitrogen and oxygen atoms in total. The highest BCUT2D eigenvalue weighted by atomic mass is 16.6. The van der Waals surface area contributed by atoms with Gasteiger partial charge in [0, 0.05) is 19.3 Å². The molecule has 120 valence electrons. The van der Waals surface area contributed by atoms with E-state index in [0.717, 1.165) is 5.57 Å². The minimum Gasteiger partial charge on any atom is -0.462 e. The second-order valence-corrected chi connectivity index (χ2v) is 7.00. The lowest BCUT2D eigenvalue weighted by Gasteiger charge is -2.38. The Balaban J connectivity index is 2.12. The number of esters is 2. The zero-order valence-electron chi connectivity index (χ0n) is 13.4. The Hall–Kier alpha value is -1.65. The Morgan fingerprint density at radius 3 is 2.68 bits per heavy atom. The summed E-state index contributed by atoms with van der Waals surface area (Å²) in [4.78, 5) is 36.3. The summed E-state index contributed by atoms with van der Waals surface area (Å²) in [5.41, 5.74) is 0.189. The van der Waals surface area contributed by atoms with Gasteiger partial charge in [-0.2, -0.15) is 0 Å². The first-order valence-electron chi connectivity index (χ1n) is 7.88. The highest BCUT2D eigenvalue weighted by molar-refractivity contribution is 5.93. The van der Waals surface area contributed by atoms with Crippen molar-refractivity contribution in [2.24, 2.45) is 23.2 Å². The lowest BCUT2D eigenvalue weighted by atomic mass is 9.69. The van der Waals surface area contributed by atoms with Crippen LogP contribution in [0.3, 0.4) is 0 Å². The summed E-state index contributed by atoms with van der Waals surface area (Å²) >= 11 is 0. The van der Waals surface area contributed by atoms with E-state index in [1.807, 2.05) is 19.9 Å². The smallest absolute Gasteiger partial charge is 0.309 e. The minimum absolute atomic E-state index is 0.0628. The van der Waals surface area contributed by atoms with E-state index in [0.29, 0.717) is 12.8 Å². The fraction of sp³-hybridized carbons (Fsp3) is 0.706. The molecule has 1 saturated carbocycles. The van der Waals surface area contributed by atoms with Gasteiger partial charge in [-0.3, -0.25) is 14.4 Å². The van der Waals surface area contributed by atoms with Crippen molar-refractivity contribution in [2.45, 2.75) is 52.7 Å². The summed E-state index contributed by atoms with van der Waals surface area (Å²) in [7, 11) is 0. The number of carbonyl (C=O) groups excluding carboxylic acids is 3. The third-order valence-electron chi connectivity index (χ3n) is 5.66. The maximum Gasteiger partial charge on any atom is 0.309 e. The van der Waals surface area contributed by atoms with E-state index >= 15 is 0 Å². The van der Waals surface area contributed by atoms with Crippen molar-refractivity contribution >= 4 is 17.7 Å². The predicted molar refractivity (Wildman–Crippen MR) is 77.7 cm³/mol. The molecule has 6 atom stereocenters. The largest absolute Gasteiger partial charge is 0.462 e. The van der Waals surface area contributed by atoms with Crippen LogP contribution in [-0.2, 0) is 23.9 Å². The fourth-order valence-electron chi connectivity index (χ4n) is 4.54. The molecule has 2 fully saturated rings. The van der Waals surface area contributed by atoms with Gasteiger partial charge in [0.15, 0.2) is 0 Å². The summed E-state index contributed by atoms with van der Waals surface area (Å²) in [6, 6.07) is 0. The number of ether oxygens (including phenoxy) is 2. The van der Waals surface area contributed by atoms with Gasteiger partial charge < -0.3 is 9.47 Å². The maximum absolute atomic E-state index is 12.6. The van der Waals surface area contributed by atoms with Gasteiger partial charge in [0.05, 0.1) is 11.3 Å². The molecule has 3 aliphatic rings. The van der Waals surface area contributed by atoms with Crippen molar-refractivity contribution < 1.29 is 23.9 Å². The van der Waals surface area contributed by atoms with Crippen LogP contribution in [0.15, 0.2) is 11.6 Å². The summed E-state index contributed by atoms with van der Waals surface area (Å²) in [6.07, 6.45) is 2.08. The molecule has 0 bridgehead atoms. The predicted octanol–water partition coefficient (Wildman–Crippen LogP) is 2.04. The minimum atomic E-state index is -0.841. The molecule has 22 heavy (non-hydrogen) atoms. The first-order valence-corrected chi connectivity index (χ1v) is 7.88. The van der Waals surface area contributed by atoms with Crippen molar-refractivity contribution in [3.63, 3.8) is 0 Å². The number of Topliss-reactive ketones (excluding diaryl/α,β-unsaturated/α-hetero) is 1. The molecule has 2 aliphatic carbocycles. The zero-order valence-corrected chi connectivity index (χ0v) is 13.4. The molecule has 5 heteroatoms. The molecule has 1 heterocycles. The highest BCUT2D eigenvalue weighted by Gasteiger charge is 2.61. The molecule has 1 saturated heterocycles. The monoisotopic (exact) mass is 306 g/mol. The number of hydrogen-bond donors (Lipinski definition) is 0. The molecular weight excluding hydrogens is 284 g/mol. The molecule has 0 aromatic carbocycles. The van der Waals surface area contributed by atoms with E-state index in [4.69, 9.17) is 9.47 Å². The Bertz CT molecular complexity index is 578. The third kappa shape index (κ3) is 1.94. The average molecular weight is 306 g/mol. The van der Waals surface area contributed by atoms with E-state index in [9.17, 15) is 14.4 Å². The molecule has 0 radical (unpaired) electrons. The van der Waals surface area contributed by atoms with Crippen molar-refractivity contribution in [1.82, 2.24) is 0 Å². The molecular formula is C17H22O5. The van der Waals surface area contributed by atoms with Crippen LogP contribution in [0, 0.1) is 23.2 Å². The lowest BCUT2D eigenvalue weighted by Crippen LogP contribution is -2.48. The van der Waals surface area contributed by atoms with E-state index < -0.39 is 17.5 Å². The van der Waals surface area contributed by atoms with Gasteiger partial charge in [0.2, 0.25) is 0 Å². The second-order valence-electron chi connectivity index (χ2n) is 7.00.